The van der Waals surface area contributed by atoms with E-state index in [2.05, 4.69) is 0 Å². The third kappa shape index (κ3) is 2.35. The van der Waals surface area contributed by atoms with Crippen LogP contribution in [0.25, 0.3) is 11.0 Å². The normalized spacial score (nSPS) is 12.9. The van der Waals surface area contributed by atoms with Crippen molar-refractivity contribution in [1.29, 1.82) is 0 Å². The van der Waals surface area contributed by atoms with Crippen LogP contribution in [0.3, 0.4) is 0 Å². The summed E-state index contributed by atoms with van der Waals surface area (Å²) in [5.74, 6) is 0. The third-order valence-corrected chi connectivity index (χ3v) is 3.04. The van der Waals surface area contributed by atoms with Gasteiger partial charge in [0.25, 0.3) is 0 Å². The highest BCUT2D eigenvalue weighted by molar-refractivity contribution is 6.36. The molecule has 17 heavy (non-hydrogen) atoms. The molecule has 3 nitrogen and oxygen atoms in total. The molecular formula is C13H14ClNO2. The maximum absolute atomic E-state index is 11.8. The Morgan fingerprint density at radius 2 is 2.18 bits per heavy atom. The lowest BCUT2D eigenvalue weighted by Gasteiger charge is -2.08. The second-order valence-electron chi connectivity index (χ2n) is 4.36. The minimum Gasteiger partial charge on any atom is -0.422 e. The van der Waals surface area contributed by atoms with Crippen molar-refractivity contribution >= 4 is 22.6 Å². The Bertz CT molecular complexity index is 617. The van der Waals surface area contributed by atoms with Crippen LogP contribution in [0.5, 0.6) is 0 Å². The van der Waals surface area contributed by atoms with E-state index in [1.165, 1.54) is 0 Å². The summed E-state index contributed by atoms with van der Waals surface area (Å²) in [6.07, 6.45) is 0.422. The average molecular weight is 252 g/mol. The van der Waals surface area contributed by atoms with Crippen LogP contribution in [0, 0.1) is 6.92 Å². The monoisotopic (exact) mass is 251 g/mol. The van der Waals surface area contributed by atoms with Crippen molar-refractivity contribution in [3.63, 3.8) is 0 Å². The number of fused-ring (bicyclic) bond motifs is 1. The first-order valence-corrected chi connectivity index (χ1v) is 5.84. The molecule has 0 aliphatic carbocycles. The summed E-state index contributed by atoms with van der Waals surface area (Å²) in [4.78, 5) is 11.8. The summed E-state index contributed by atoms with van der Waals surface area (Å²) >= 11 is 6.25. The first kappa shape index (κ1) is 12.1. The molecule has 2 rings (SSSR count). The summed E-state index contributed by atoms with van der Waals surface area (Å²) in [6.45, 7) is 3.79. The molecule has 0 saturated heterocycles. The highest BCUT2D eigenvalue weighted by atomic mass is 35.5. The van der Waals surface area contributed by atoms with Crippen LogP contribution in [-0.2, 0) is 6.42 Å². The highest BCUT2D eigenvalue weighted by Gasteiger charge is 2.14. The van der Waals surface area contributed by atoms with E-state index in [1.807, 2.05) is 26.0 Å². The first-order chi connectivity index (χ1) is 7.99. The number of nitrogens with two attached hydrogens (primary N) is 1. The lowest BCUT2D eigenvalue weighted by molar-refractivity contribution is 0.544. The second-order valence-corrected chi connectivity index (χ2v) is 4.74. The van der Waals surface area contributed by atoms with Crippen molar-refractivity contribution in [3.8, 4) is 0 Å². The van der Waals surface area contributed by atoms with Gasteiger partial charge in [0.1, 0.15) is 5.58 Å². The summed E-state index contributed by atoms with van der Waals surface area (Å²) in [5.41, 5.74) is 7.34. The van der Waals surface area contributed by atoms with E-state index in [0.717, 1.165) is 10.9 Å². The van der Waals surface area contributed by atoms with Crippen LogP contribution in [0.15, 0.2) is 27.4 Å². The van der Waals surface area contributed by atoms with Gasteiger partial charge in [0.2, 0.25) is 0 Å². The first-order valence-electron chi connectivity index (χ1n) is 5.46. The number of halogens is 1. The van der Waals surface area contributed by atoms with Gasteiger partial charge in [0, 0.05) is 11.4 Å². The summed E-state index contributed by atoms with van der Waals surface area (Å²) in [6, 6.07) is 5.42. The van der Waals surface area contributed by atoms with Gasteiger partial charge in [-0.2, -0.15) is 0 Å². The van der Waals surface area contributed by atoms with Crippen molar-refractivity contribution in [2.45, 2.75) is 26.3 Å². The molecule has 90 valence electrons. The maximum Gasteiger partial charge on any atom is 0.341 e. The Kier molecular flexibility index (Phi) is 3.22. The number of aryl methyl sites for hydroxylation is 1. The van der Waals surface area contributed by atoms with Crippen LogP contribution in [-0.4, -0.2) is 6.04 Å². The van der Waals surface area contributed by atoms with Crippen LogP contribution in [0.2, 0.25) is 5.02 Å². The van der Waals surface area contributed by atoms with Gasteiger partial charge in [0.15, 0.2) is 0 Å². The van der Waals surface area contributed by atoms with Crippen molar-refractivity contribution in [2.24, 2.45) is 5.73 Å². The molecule has 4 heteroatoms. The third-order valence-electron chi connectivity index (χ3n) is 2.61. The SMILES string of the molecule is Cc1ccc2oc(=O)c(CC(C)N)c(Cl)c2c1. The fourth-order valence-corrected chi connectivity index (χ4v) is 2.11. The molecule has 0 aliphatic rings. The Labute approximate surface area is 104 Å². The average Bonchev–Trinajstić information content (AvgIpc) is 2.25. The predicted octanol–water partition coefficient (Wildman–Crippen LogP) is 2.64. The Morgan fingerprint density at radius 3 is 2.82 bits per heavy atom. The van der Waals surface area contributed by atoms with Gasteiger partial charge in [-0.1, -0.05) is 23.2 Å². The molecule has 0 spiro atoms. The summed E-state index contributed by atoms with van der Waals surface area (Å²) < 4.78 is 5.23. The molecule has 0 amide bonds. The molecule has 1 atom stereocenters. The molecule has 1 unspecified atom stereocenters. The fourth-order valence-electron chi connectivity index (χ4n) is 1.81. The minimum absolute atomic E-state index is 0.127. The van der Waals surface area contributed by atoms with Crippen LogP contribution in [0.1, 0.15) is 18.1 Å². The molecule has 1 aromatic heterocycles. The molecule has 0 saturated carbocycles. The summed E-state index contributed by atoms with van der Waals surface area (Å²) in [7, 11) is 0. The van der Waals surface area contributed by atoms with E-state index in [0.29, 0.717) is 22.6 Å². The molecule has 0 fully saturated rings. The zero-order valence-electron chi connectivity index (χ0n) is 9.79. The fraction of sp³-hybridized carbons (Fsp3) is 0.308. The van der Waals surface area contributed by atoms with Gasteiger partial charge in [-0.25, -0.2) is 4.79 Å². The number of benzene rings is 1. The minimum atomic E-state index is -0.399. The van der Waals surface area contributed by atoms with Crippen molar-refractivity contribution in [3.05, 3.63) is 44.8 Å². The van der Waals surface area contributed by atoms with Gasteiger partial charge in [0.05, 0.1) is 10.6 Å². The van der Waals surface area contributed by atoms with Crippen molar-refractivity contribution in [1.82, 2.24) is 0 Å². The van der Waals surface area contributed by atoms with Gasteiger partial charge in [-0.05, 0) is 32.4 Å². The van der Waals surface area contributed by atoms with Gasteiger partial charge >= 0.3 is 5.63 Å². The van der Waals surface area contributed by atoms with E-state index in [-0.39, 0.29) is 6.04 Å². The van der Waals surface area contributed by atoms with Gasteiger partial charge < -0.3 is 10.2 Å². The maximum atomic E-state index is 11.8. The molecule has 0 aliphatic heterocycles. The predicted molar refractivity (Wildman–Crippen MR) is 69.6 cm³/mol. The Morgan fingerprint density at radius 1 is 1.47 bits per heavy atom. The number of rotatable bonds is 2. The Hall–Kier alpha value is -1.32. The van der Waals surface area contributed by atoms with Crippen LogP contribution < -0.4 is 11.4 Å². The largest absolute Gasteiger partial charge is 0.422 e. The molecule has 1 aromatic carbocycles. The number of hydrogen-bond acceptors (Lipinski definition) is 3. The molecule has 0 radical (unpaired) electrons. The van der Waals surface area contributed by atoms with Gasteiger partial charge in [-0.15, -0.1) is 0 Å². The smallest absolute Gasteiger partial charge is 0.341 e. The standard InChI is InChI=1S/C13H14ClNO2/c1-7-3-4-11-9(5-7)12(14)10(6-8(2)15)13(16)17-11/h3-5,8H,6,15H2,1-2H3. The highest BCUT2D eigenvalue weighted by Crippen LogP contribution is 2.26. The van der Waals surface area contributed by atoms with Crippen molar-refractivity contribution in [2.75, 3.05) is 0 Å². The van der Waals surface area contributed by atoms with E-state index in [9.17, 15) is 4.79 Å². The van der Waals surface area contributed by atoms with Crippen LogP contribution in [0.4, 0.5) is 0 Å². The van der Waals surface area contributed by atoms with Crippen LogP contribution >= 0.6 is 11.6 Å². The molecule has 1 heterocycles. The summed E-state index contributed by atoms with van der Waals surface area (Å²) in [5, 5.41) is 1.22. The Balaban J connectivity index is 2.73. The van der Waals surface area contributed by atoms with E-state index < -0.39 is 5.63 Å². The lowest BCUT2D eigenvalue weighted by Crippen LogP contribution is -2.22. The quantitative estimate of drug-likeness (QED) is 0.835. The van der Waals surface area contributed by atoms with E-state index in [1.54, 1.807) is 6.07 Å². The molecule has 2 aromatic rings. The molecule has 2 N–H and O–H groups in total. The van der Waals surface area contributed by atoms with E-state index >= 15 is 0 Å². The molecular weight excluding hydrogens is 238 g/mol. The topological polar surface area (TPSA) is 56.2 Å². The van der Waals surface area contributed by atoms with Crippen molar-refractivity contribution < 1.29 is 4.42 Å². The lowest BCUT2D eigenvalue weighted by atomic mass is 10.1. The number of hydrogen-bond donors (Lipinski definition) is 1. The van der Waals surface area contributed by atoms with E-state index in [4.69, 9.17) is 21.8 Å². The zero-order valence-corrected chi connectivity index (χ0v) is 10.5. The van der Waals surface area contributed by atoms with Gasteiger partial charge in [-0.3, -0.25) is 0 Å². The molecule has 0 bridgehead atoms. The zero-order chi connectivity index (χ0) is 12.6. The second kappa shape index (κ2) is 4.51.